The molecule has 2 aromatic rings. The van der Waals surface area contributed by atoms with Crippen LogP contribution in [0.5, 0.6) is 0 Å². The van der Waals surface area contributed by atoms with Gasteiger partial charge in [-0.15, -0.1) is 0 Å². The maximum absolute atomic E-state index is 12.6. The number of halogens is 1. The van der Waals surface area contributed by atoms with Crippen molar-refractivity contribution in [1.29, 1.82) is 0 Å². The van der Waals surface area contributed by atoms with Crippen LogP contribution in [-0.2, 0) is 13.6 Å². The van der Waals surface area contributed by atoms with E-state index in [0.29, 0.717) is 10.7 Å². The zero-order chi connectivity index (χ0) is 15.5. The number of aryl methyl sites for hydroxylation is 1. The van der Waals surface area contributed by atoms with E-state index >= 15 is 0 Å². The van der Waals surface area contributed by atoms with E-state index in [9.17, 15) is 4.79 Å². The van der Waals surface area contributed by atoms with Gasteiger partial charge in [0.1, 0.15) is 5.69 Å². The molecule has 0 bridgehead atoms. The Morgan fingerprint density at radius 2 is 2.23 bits per heavy atom. The summed E-state index contributed by atoms with van der Waals surface area (Å²) < 4.78 is 1.55. The van der Waals surface area contributed by atoms with Crippen LogP contribution in [0.15, 0.2) is 23.0 Å². The summed E-state index contributed by atoms with van der Waals surface area (Å²) >= 11 is 7.81. The molecule has 0 atom stereocenters. The molecule has 7 heteroatoms. The lowest BCUT2D eigenvalue weighted by Crippen LogP contribution is -2.36. The first-order chi connectivity index (χ1) is 10.6. The van der Waals surface area contributed by atoms with E-state index in [-0.39, 0.29) is 5.91 Å². The standard InChI is InChI=1S/C15H19ClN4OS/c1-18-14(13(16)9-17-18)15(21)20-5-2-4-19(6-7-20)10-12-3-8-22-11-12/h3,8-9,11H,2,4-7,10H2,1H3. The van der Waals surface area contributed by atoms with Crippen molar-refractivity contribution in [1.82, 2.24) is 19.6 Å². The highest BCUT2D eigenvalue weighted by Crippen LogP contribution is 2.18. The zero-order valence-corrected chi connectivity index (χ0v) is 14.1. The van der Waals surface area contributed by atoms with Crippen molar-refractivity contribution in [3.63, 3.8) is 0 Å². The molecule has 0 unspecified atom stereocenters. The van der Waals surface area contributed by atoms with Crippen molar-refractivity contribution in [2.24, 2.45) is 7.05 Å². The lowest BCUT2D eigenvalue weighted by atomic mass is 10.3. The number of aromatic nitrogens is 2. The topological polar surface area (TPSA) is 41.4 Å². The third-order valence-corrected chi connectivity index (χ3v) is 4.97. The molecule has 1 fully saturated rings. The largest absolute Gasteiger partial charge is 0.336 e. The van der Waals surface area contributed by atoms with Crippen molar-refractivity contribution >= 4 is 28.8 Å². The summed E-state index contributed by atoms with van der Waals surface area (Å²) in [5, 5.41) is 8.76. The minimum atomic E-state index is -0.0256. The summed E-state index contributed by atoms with van der Waals surface area (Å²) in [6.07, 6.45) is 2.50. The molecule has 1 aliphatic heterocycles. The van der Waals surface area contributed by atoms with Gasteiger partial charge in [0.15, 0.2) is 0 Å². The number of carbonyl (C=O) groups excluding carboxylic acids is 1. The molecule has 0 radical (unpaired) electrons. The van der Waals surface area contributed by atoms with Gasteiger partial charge in [0, 0.05) is 39.8 Å². The van der Waals surface area contributed by atoms with E-state index in [1.54, 1.807) is 23.1 Å². The van der Waals surface area contributed by atoms with Crippen molar-refractivity contribution < 1.29 is 4.79 Å². The molecule has 22 heavy (non-hydrogen) atoms. The van der Waals surface area contributed by atoms with Crippen LogP contribution in [0.3, 0.4) is 0 Å². The van der Waals surface area contributed by atoms with Gasteiger partial charge >= 0.3 is 0 Å². The van der Waals surface area contributed by atoms with E-state index in [2.05, 4.69) is 26.8 Å². The molecule has 1 amide bonds. The van der Waals surface area contributed by atoms with Crippen LogP contribution in [0.2, 0.25) is 5.02 Å². The van der Waals surface area contributed by atoms with Crippen LogP contribution in [0.4, 0.5) is 0 Å². The molecule has 0 aromatic carbocycles. The minimum absolute atomic E-state index is 0.0256. The maximum atomic E-state index is 12.6. The third kappa shape index (κ3) is 3.34. The Morgan fingerprint density at radius 1 is 1.36 bits per heavy atom. The molecular weight excluding hydrogens is 320 g/mol. The summed E-state index contributed by atoms with van der Waals surface area (Å²) in [5.74, 6) is -0.0256. The van der Waals surface area contributed by atoms with Gasteiger partial charge in [-0.25, -0.2) is 0 Å². The summed E-state index contributed by atoms with van der Waals surface area (Å²) in [7, 11) is 1.75. The highest BCUT2D eigenvalue weighted by Gasteiger charge is 2.24. The number of nitrogens with zero attached hydrogens (tertiary/aromatic N) is 4. The fourth-order valence-corrected chi connectivity index (χ4v) is 3.68. The quantitative estimate of drug-likeness (QED) is 0.863. The van der Waals surface area contributed by atoms with Gasteiger partial charge in [0.05, 0.1) is 11.2 Å². The van der Waals surface area contributed by atoms with Gasteiger partial charge < -0.3 is 4.90 Å². The highest BCUT2D eigenvalue weighted by molar-refractivity contribution is 7.07. The Hall–Kier alpha value is -1.37. The maximum Gasteiger partial charge on any atom is 0.273 e. The van der Waals surface area contributed by atoms with Crippen molar-refractivity contribution in [2.45, 2.75) is 13.0 Å². The fourth-order valence-electron chi connectivity index (χ4n) is 2.77. The number of rotatable bonds is 3. The highest BCUT2D eigenvalue weighted by atomic mass is 35.5. The third-order valence-electron chi connectivity index (χ3n) is 3.96. The number of carbonyl (C=O) groups is 1. The van der Waals surface area contributed by atoms with Gasteiger partial charge in [-0.3, -0.25) is 14.4 Å². The Kier molecular flexibility index (Phi) is 4.81. The van der Waals surface area contributed by atoms with Crippen molar-refractivity contribution in [3.8, 4) is 0 Å². The molecule has 1 aliphatic rings. The van der Waals surface area contributed by atoms with Crippen LogP contribution in [0.25, 0.3) is 0 Å². The van der Waals surface area contributed by atoms with E-state index in [0.717, 1.165) is 39.1 Å². The Balaban J connectivity index is 1.64. The first kappa shape index (κ1) is 15.5. The normalized spacial score (nSPS) is 16.7. The van der Waals surface area contributed by atoms with E-state index in [4.69, 9.17) is 11.6 Å². The Morgan fingerprint density at radius 3 is 2.91 bits per heavy atom. The summed E-state index contributed by atoms with van der Waals surface area (Å²) in [5.41, 5.74) is 1.83. The number of thiophene rings is 1. The average molecular weight is 339 g/mol. The molecule has 3 heterocycles. The van der Waals surface area contributed by atoms with Crippen molar-refractivity contribution in [2.75, 3.05) is 26.2 Å². The summed E-state index contributed by atoms with van der Waals surface area (Å²) in [4.78, 5) is 16.9. The van der Waals surface area contributed by atoms with Gasteiger partial charge in [0.25, 0.3) is 5.91 Å². The van der Waals surface area contributed by atoms with E-state index in [1.165, 1.54) is 11.8 Å². The van der Waals surface area contributed by atoms with Crippen LogP contribution in [0.1, 0.15) is 22.5 Å². The average Bonchev–Trinajstić information content (AvgIpc) is 3.04. The monoisotopic (exact) mass is 338 g/mol. The molecule has 5 nitrogen and oxygen atoms in total. The number of amides is 1. The predicted octanol–water partition coefficient (Wildman–Crippen LogP) is 2.48. The molecular formula is C15H19ClN4OS. The molecule has 0 spiro atoms. The first-order valence-electron chi connectivity index (χ1n) is 7.35. The van der Waals surface area contributed by atoms with Gasteiger partial charge in [-0.2, -0.15) is 16.4 Å². The van der Waals surface area contributed by atoms with E-state index < -0.39 is 0 Å². The lowest BCUT2D eigenvalue weighted by molar-refractivity contribution is 0.0750. The summed E-state index contributed by atoms with van der Waals surface area (Å²) in [6, 6.07) is 2.16. The predicted molar refractivity (Wildman–Crippen MR) is 88.3 cm³/mol. The van der Waals surface area contributed by atoms with Crippen LogP contribution in [0, 0.1) is 0 Å². The SMILES string of the molecule is Cn1ncc(Cl)c1C(=O)N1CCCN(Cc2ccsc2)CC1. The fraction of sp³-hybridized carbons (Fsp3) is 0.467. The lowest BCUT2D eigenvalue weighted by Gasteiger charge is -2.22. The molecule has 0 aliphatic carbocycles. The Bertz CT molecular complexity index is 621. The number of hydrogen-bond donors (Lipinski definition) is 0. The number of hydrogen-bond acceptors (Lipinski definition) is 4. The zero-order valence-electron chi connectivity index (χ0n) is 12.5. The minimum Gasteiger partial charge on any atom is -0.336 e. The first-order valence-corrected chi connectivity index (χ1v) is 8.67. The smallest absolute Gasteiger partial charge is 0.273 e. The van der Waals surface area contributed by atoms with E-state index in [1.807, 2.05) is 4.90 Å². The second kappa shape index (κ2) is 6.81. The van der Waals surface area contributed by atoms with Gasteiger partial charge in [-0.1, -0.05) is 11.6 Å². The molecule has 1 saturated heterocycles. The van der Waals surface area contributed by atoms with Gasteiger partial charge in [-0.05, 0) is 28.8 Å². The Labute approximate surface area is 139 Å². The van der Waals surface area contributed by atoms with Crippen LogP contribution < -0.4 is 0 Å². The molecule has 118 valence electrons. The second-order valence-electron chi connectivity index (χ2n) is 5.52. The van der Waals surface area contributed by atoms with Crippen LogP contribution in [-0.4, -0.2) is 51.7 Å². The molecule has 2 aromatic heterocycles. The molecule has 0 saturated carbocycles. The van der Waals surface area contributed by atoms with Gasteiger partial charge in [0.2, 0.25) is 0 Å². The van der Waals surface area contributed by atoms with Crippen LogP contribution >= 0.6 is 22.9 Å². The molecule has 3 rings (SSSR count). The molecule has 0 N–H and O–H groups in total. The summed E-state index contributed by atoms with van der Waals surface area (Å²) in [6.45, 7) is 4.35. The van der Waals surface area contributed by atoms with Crippen molar-refractivity contribution in [3.05, 3.63) is 39.3 Å². The second-order valence-corrected chi connectivity index (χ2v) is 6.71.